The third-order valence-corrected chi connectivity index (χ3v) is 2.54. The molecule has 1 N–H and O–H groups in total. The Labute approximate surface area is 73.4 Å². The van der Waals surface area contributed by atoms with E-state index in [0.717, 1.165) is 25.9 Å². The number of halogens is 1. The first-order chi connectivity index (χ1) is 5.88. The molecule has 0 saturated carbocycles. The van der Waals surface area contributed by atoms with Crippen LogP contribution in [0.2, 0.25) is 0 Å². The first-order valence-electron chi connectivity index (χ1n) is 4.79. The van der Waals surface area contributed by atoms with Gasteiger partial charge in [-0.2, -0.15) is 0 Å². The average Bonchev–Trinajstić information content (AvgIpc) is 2.50. The van der Waals surface area contributed by atoms with E-state index >= 15 is 0 Å². The predicted molar refractivity (Wildman–Crippen MR) is 46.9 cm³/mol. The summed E-state index contributed by atoms with van der Waals surface area (Å²) in [6, 6.07) is 0.446. The molecule has 1 atom stereocenters. The van der Waals surface area contributed by atoms with Gasteiger partial charge in [0.15, 0.2) is 0 Å². The molecule has 72 valence electrons. The molecule has 12 heavy (non-hydrogen) atoms. The van der Waals surface area contributed by atoms with Crippen LogP contribution >= 0.6 is 0 Å². The molecule has 1 aliphatic heterocycles. The zero-order valence-corrected chi connectivity index (χ0v) is 7.51. The van der Waals surface area contributed by atoms with Crippen LogP contribution in [0.25, 0.3) is 0 Å². The van der Waals surface area contributed by atoms with Crippen molar-refractivity contribution in [1.82, 2.24) is 4.90 Å². The third-order valence-electron chi connectivity index (χ3n) is 2.54. The number of aliphatic hydroxyl groups excluding tert-OH is 1. The minimum absolute atomic E-state index is 0.208. The Kier molecular flexibility index (Phi) is 4.54. The van der Waals surface area contributed by atoms with Crippen LogP contribution in [0.3, 0.4) is 0 Å². The summed E-state index contributed by atoms with van der Waals surface area (Å²) >= 11 is 0. The standard InChI is InChI=1S/C9H18FNO/c10-5-4-9-3-1-6-11(9)7-2-8-12/h9,12H,1-8H2. The molecule has 0 amide bonds. The van der Waals surface area contributed by atoms with Crippen molar-refractivity contribution >= 4 is 0 Å². The fraction of sp³-hybridized carbons (Fsp3) is 1.00. The molecular formula is C9H18FNO. The van der Waals surface area contributed by atoms with Gasteiger partial charge < -0.3 is 10.0 Å². The number of alkyl halides is 1. The number of likely N-dealkylation sites (tertiary alicyclic amines) is 1. The second kappa shape index (κ2) is 5.49. The van der Waals surface area contributed by atoms with Gasteiger partial charge in [-0.05, 0) is 32.2 Å². The summed E-state index contributed by atoms with van der Waals surface area (Å²) in [6.45, 7) is 2.06. The van der Waals surface area contributed by atoms with Gasteiger partial charge in [0.25, 0.3) is 0 Å². The third kappa shape index (κ3) is 2.72. The van der Waals surface area contributed by atoms with Crippen molar-refractivity contribution in [3.8, 4) is 0 Å². The maximum Gasteiger partial charge on any atom is 0.0909 e. The van der Waals surface area contributed by atoms with Crippen LogP contribution in [0.1, 0.15) is 25.7 Å². The molecule has 2 nitrogen and oxygen atoms in total. The van der Waals surface area contributed by atoms with Gasteiger partial charge in [-0.3, -0.25) is 4.39 Å². The molecule has 1 rings (SSSR count). The number of hydrogen-bond acceptors (Lipinski definition) is 2. The zero-order chi connectivity index (χ0) is 8.81. The molecule has 1 fully saturated rings. The van der Waals surface area contributed by atoms with Crippen molar-refractivity contribution in [2.24, 2.45) is 0 Å². The van der Waals surface area contributed by atoms with Crippen LogP contribution in [0.5, 0.6) is 0 Å². The zero-order valence-electron chi connectivity index (χ0n) is 7.51. The Morgan fingerprint density at radius 2 is 2.33 bits per heavy atom. The van der Waals surface area contributed by atoms with E-state index in [1.165, 1.54) is 6.42 Å². The van der Waals surface area contributed by atoms with Gasteiger partial charge in [-0.1, -0.05) is 0 Å². The smallest absolute Gasteiger partial charge is 0.0909 e. The molecule has 1 unspecified atom stereocenters. The lowest BCUT2D eigenvalue weighted by Crippen LogP contribution is -2.31. The highest BCUT2D eigenvalue weighted by Crippen LogP contribution is 2.19. The van der Waals surface area contributed by atoms with Gasteiger partial charge in [0, 0.05) is 19.2 Å². The maximum atomic E-state index is 12.1. The fourth-order valence-electron chi connectivity index (χ4n) is 1.92. The molecule has 0 aromatic carbocycles. The molecule has 0 aliphatic carbocycles. The van der Waals surface area contributed by atoms with Gasteiger partial charge in [0.05, 0.1) is 6.67 Å². The summed E-state index contributed by atoms with van der Waals surface area (Å²) < 4.78 is 12.1. The van der Waals surface area contributed by atoms with E-state index in [4.69, 9.17) is 5.11 Å². The average molecular weight is 175 g/mol. The number of hydrogen-bond donors (Lipinski definition) is 1. The highest BCUT2D eigenvalue weighted by atomic mass is 19.1. The molecule has 0 spiro atoms. The van der Waals surface area contributed by atoms with Gasteiger partial charge in [-0.25, -0.2) is 0 Å². The van der Waals surface area contributed by atoms with E-state index in [0.29, 0.717) is 12.5 Å². The van der Waals surface area contributed by atoms with Gasteiger partial charge in [0.2, 0.25) is 0 Å². The Morgan fingerprint density at radius 3 is 3.00 bits per heavy atom. The summed E-state index contributed by atoms with van der Waals surface area (Å²) in [5.74, 6) is 0. The van der Waals surface area contributed by atoms with E-state index in [1.54, 1.807) is 0 Å². The number of nitrogens with zero attached hydrogens (tertiary/aromatic N) is 1. The molecule has 0 radical (unpaired) electrons. The Bertz CT molecular complexity index is 121. The van der Waals surface area contributed by atoms with Crippen molar-refractivity contribution in [3.63, 3.8) is 0 Å². The molecular weight excluding hydrogens is 157 g/mol. The van der Waals surface area contributed by atoms with E-state index in [-0.39, 0.29) is 13.3 Å². The molecule has 3 heteroatoms. The second-order valence-electron chi connectivity index (χ2n) is 3.39. The Morgan fingerprint density at radius 1 is 1.50 bits per heavy atom. The summed E-state index contributed by atoms with van der Waals surface area (Å²) in [7, 11) is 0. The lowest BCUT2D eigenvalue weighted by atomic mass is 10.1. The highest BCUT2D eigenvalue weighted by molar-refractivity contribution is 4.78. The SMILES string of the molecule is OCCCN1CCCC1CCF. The van der Waals surface area contributed by atoms with Gasteiger partial charge >= 0.3 is 0 Å². The van der Waals surface area contributed by atoms with E-state index in [9.17, 15) is 4.39 Å². The summed E-state index contributed by atoms with van der Waals surface area (Å²) in [6.07, 6.45) is 3.82. The van der Waals surface area contributed by atoms with Crippen molar-refractivity contribution in [2.45, 2.75) is 31.7 Å². The van der Waals surface area contributed by atoms with Crippen LogP contribution in [0.15, 0.2) is 0 Å². The number of rotatable bonds is 5. The highest BCUT2D eigenvalue weighted by Gasteiger charge is 2.22. The second-order valence-corrected chi connectivity index (χ2v) is 3.39. The van der Waals surface area contributed by atoms with E-state index in [1.807, 2.05) is 0 Å². The molecule has 1 saturated heterocycles. The van der Waals surface area contributed by atoms with Crippen molar-refractivity contribution in [3.05, 3.63) is 0 Å². The van der Waals surface area contributed by atoms with Crippen LogP contribution < -0.4 is 0 Å². The van der Waals surface area contributed by atoms with Crippen molar-refractivity contribution in [1.29, 1.82) is 0 Å². The molecule has 1 aliphatic rings. The molecule has 1 heterocycles. The van der Waals surface area contributed by atoms with Crippen molar-refractivity contribution < 1.29 is 9.50 Å². The Hall–Kier alpha value is -0.150. The predicted octanol–water partition coefficient (Wildman–Crippen LogP) is 1.19. The molecule has 0 aromatic rings. The fourth-order valence-corrected chi connectivity index (χ4v) is 1.92. The summed E-state index contributed by atoms with van der Waals surface area (Å²) in [4.78, 5) is 2.30. The first kappa shape index (κ1) is 9.93. The summed E-state index contributed by atoms with van der Waals surface area (Å²) in [5.41, 5.74) is 0. The van der Waals surface area contributed by atoms with Crippen LogP contribution in [0, 0.1) is 0 Å². The minimum Gasteiger partial charge on any atom is -0.396 e. The van der Waals surface area contributed by atoms with Crippen LogP contribution in [-0.4, -0.2) is 42.4 Å². The lowest BCUT2D eigenvalue weighted by Gasteiger charge is -2.22. The van der Waals surface area contributed by atoms with Crippen molar-refractivity contribution in [2.75, 3.05) is 26.4 Å². The van der Waals surface area contributed by atoms with Crippen LogP contribution in [-0.2, 0) is 0 Å². The first-order valence-corrected chi connectivity index (χ1v) is 4.79. The quantitative estimate of drug-likeness (QED) is 0.678. The van der Waals surface area contributed by atoms with Crippen LogP contribution in [0.4, 0.5) is 4.39 Å². The minimum atomic E-state index is -0.208. The van der Waals surface area contributed by atoms with E-state index in [2.05, 4.69) is 4.90 Å². The number of aliphatic hydroxyl groups is 1. The van der Waals surface area contributed by atoms with E-state index < -0.39 is 0 Å². The maximum absolute atomic E-state index is 12.1. The monoisotopic (exact) mass is 175 g/mol. The lowest BCUT2D eigenvalue weighted by molar-refractivity contribution is 0.199. The summed E-state index contributed by atoms with van der Waals surface area (Å²) in [5, 5.41) is 8.64. The largest absolute Gasteiger partial charge is 0.396 e. The topological polar surface area (TPSA) is 23.5 Å². The van der Waals surface area contributed by atoms with Gasteiger partial charge in [0.1, 0.15) is 0 Å². The van der Waals surface area contributed by atoms with Gasteiger partial charge in [-0.15, -0.1) is 0 Å². The Balaban J connectivity index is 2.20. The molecule has 0 aromatic heterocycles. The normalized spacial score (nSPS) is 25.0. The molecule has 0 bridgehead atoms.